The Bertz CT molecular complexity index is 316. The zero-order valence-electron chi connectivity index (χ0n) is 8.80. The summed E-state index contributed by atoms with van der Waals surface area (Å²) in [6.45, 7) is 3.23. The van der Waals surface area contributed by atoms with Crippen LogP contribution >= 0.6 is 0 Å². The Labute approximate surface area is 84.9 Å². The first kappa shape index (κ1) is 9.46. The summed E-state index contributed by atoms with van der Waals surface area (Å²) in [6.07, 6.45) is 4.49. The first-order valence-corrected chi connectivity index (χ1v) is 5.19. The number of aromatic nitrogens is 1. The normalized spacial score (nSPS) is 21.1. The zero-order valence-corrected chi connectivity index (χ0v) is 8.80. The molecule has 1 aliphatic rings. The largest absolute Gasteiger partial charge is 0.373 e. The smallest absolute Gasteiger partial charge is 0.128 e. The number of nitrogens with one attached hydrogen (secondary N) is 2. The monoisotopic (exact) mass is 191 g/mol. The Hall–Kier alpha value is -1.09. The van der Waals surface area contributed by atoms with Gasteiger partial charge in [0.1, 0.15) is 5.82 Å². The van der Waals surface area contributed by atoms with Crippen LogP contribution in [-0.4, -0.2) is 18.6 Å². The second kappa shape index (κ2) is 3.96. The molecule has 2 heterocycles. The maximum atomic E-state index is 4.39. The summed E-state index contributed by atoms with van der Waals surface area (Å²) in [4.78, 5) is 4.39. The number of hydrogen-bond acceptors (Lipinski definition) is 3. The summed E-state index contributed by atoms with van der Waals surface area (Å²) in [5.74, 6) is 0.978. The number of aryl methyl sites for hydroxylation is 1. The van der Waals surface area contributed by atoms with Gasteiger partial charge in [0.15, 0.2) is 0 Å². The van der Waals surface area contributed by atoms with E-state index in [1.165, 1.54) is 24.0 Å². The molecule has 76 valence electrons. The SMILES string of the molecule is CNc1ncc([C@H]2CCCN2)cc1C. The highest BCUT2D eigenvalue weighted by Crippen LogP contribution is 2.24. The second-order valence-electron chi connectivity index (χ2n) is 3.83. The molecule has 0 unspecified atom stereocenters. The van der Waals surface area contributed by atoms with Crippen LogP contribution in [0.4, 0.5) is 5.82 Å². The lowest BCUT2D eigenvalue weighted by atomic mass is 10.1. The fourth-order valence-electron chi connectivity index (χ4n) is 2.02. The minimum absolute atomic E-state index is 0.520. The van der Waals surface area contributed by atoms with Gasteiger partial charge in [0.2, 0.25) is 0 Å². The third-order valence-electron chi connectivity index (χ3n) is 2.80. The van der Waals surface area contributed by atoms with Crippen molar-refractivity contribution in [2.75, 3.05) is 18.9 Å². The van der Waals surface area contributed by atoms with Crippen LogP contribution in [0.5, 0.6) is 0 Å². The number of rotatable bonds is 2. The van der Waals surface area contributed by atoms with Crippen molar-refractivity contribution in [3.05, 3.63) is 23.4 Å². The van der Waals surface area contributed by atoms with Crippen LogP contribution in [0.15, 0.2) is 12.3 Å². The van der Waals surface area contributed by atoms with E-state index in [2.05, 4.69) is 28.6 Å². The van der Waals surface area contributed by atoms with Gasteiger partial charge in [0.25, 0.3) is 0 Å². The topological polar surface area (TPSA) is 37.0 Å². The molecule has 0 bridgehead atoms. The van der Waals surface area contributed by atoms with Crippen molar-refractivity contribution < 1.29 is 0 Å². The molecule has 0 radical (unpaired) electrons. The van der Waals surface area contributed by atoms with Crippen molar-refractivity contribution in [3.63, 3.8) is 0 Å². The molecule has 0 spiro atoms. The predicted molar refractivity (Wildman–Crippen MR) is 58.5 cm³/mol. The Morgan fingerprint density at radius 1 is 1.57 bits per heavy atom. The lowest BCUT2D eigenvalue weighted by molar-refractivity contribution is 0.644. The molecular formula is C11H17N3. The summed E-state index contributed by atoms with van der Waals surface area (Å²) in [6, 6.07) is 2.74. The molecule has 1 aliphatic heterocycles. The van der Waals surface area contributed by atoms with Gasteiger partial charge in [-0.1, -0.05) is 0 Å². The van der Waals surface area contributed by atoms with Crippen LogP contribution in [0.1, 0.15) is 30.0 Å². The average molecular weight is 191 g/mol. The highest BCUT2D eigenvalue weighted by Gasteiger charge is 2.16. The summed E-state index contributed by atoms with van der Waals surface area (Å²) in [5, 5.41) is 6.56. The summed E-state index contributed by atoms with van der Waals surface area (Å²) in [7, 11) is 1.91. The van der Waals surface area contributed by atoms with Crippen molar-refractivity contribution in [1.29, 1.82) is 0 Å². The molecule has 14 heavy (non-hydrogen) atoms. The number of pyridine rings is 1. The van der Waals surface area contributed by atoms with E-state index in [0.29, 0.717) is 6.04 Å². The minimum atomic E-state index is 0.520. The lowest BCUT2D eigenvalue weighted by Crippen LogP contribution is -2.13. The van der Waals surface area contributed by atoms with Gasteiger partial charge in [0.05, 0.1) is 0 Å². The van der Waals surface area contributed by atoms with Gasteiger partial charge in [-0.2, -0.15) is 0 Å². The van der Waals surface area contributed by atoms with Crippen molar-refractivity contribution >= 4 is 5.82 Å². The van der Waals surface area contributed by atoms with E-state index >= 15 is 0 Å². The van der Waals surface area contributed by atoms with Gasteiger partial charge >= 0.3 is 0 Å². The number of nitrogens with zero attached hydrogens (tertiary/aromatic N) is 1. The van der Waals surface area contributed by atoms with Crippen LogP contribution in [-0.2, 0) is 0 Å². The Kier molecular flexibility index (Phi) is 2.68. The molecule has 1 aromatic rings. The van der Waals surface area contributed by atoms with Crippen molar-refractivity contribution in [3.8, 4) is 0 Å². The molecule has 0 amide bonds. The van der Waals surface area contributed by atoms with Crippen molar-refractivity contribution in [2.45, 2.75) is 25.8 Å². The molecule has 3 nitrogen and oxygen atoms in total. The maximum absolute atomic E-state index is 4.39. The highest BCUT2D eigenvalue weighted by atomic mass is 15.0. The van der Waals surface area contributed by atoms with E-state index in [1.54, 1.807) is 0 Å². The quantitative estimate of drug-likeness (QED) is 0.749. The minimum Gasteiger partial charge on any atom is -0.373 e. The van der Waals surface area contributed by atoms with Crippen LogP contribution in [0, 0.1) is 6.92 Å². The van der Waals surface area contributed by atoms with E-state index in [0.717, 1.165) is 12.4 Å². The van der Waals surface area contributed by atoms with Crippen LogP contribution < -0.4 is 10.6 Å². The standard InChI is InChI=1S/C11H17N3/c1-8-6-9(7-14-11(8)12-2)10-4-3-5-13-10/h6-7,10,13H,3-5H2,1-2H3,(H,12,14)/t10-/m1/s1. The van der Waals surface area contributed by atoms with Gasteiger partial charge in [-0.25, -0.2) is 4.98 Å². The van der Waals surface area contributed by atoms with E-state index in [4.69, 9.17) is 0 Å². The Morgan fingerprint density at radius 3 is 3.00 bits per heavy atom. The van der Waals surface area contributed by atoms with Gasteiger partial charge in [0, 0.05) is 19.3 Å². The molecule has 0 saturated carbocycles. The van der Waals surface area contributed by atoms with Gasteiger partial charge in [-0.3, -0.25) is 0 Å². The highest BCUT2D eigenvalue weighted by molar-refractivity contribution is 5.44. The van der Waals surface area contributed by atoms with Gasteiger partial charge in [-0.15, -0.1) is 0 Å². The van der Waals surface area contributed by atoms with Crippen molar-refractivity contribution in [1.82, 2.24) is 10.3 Å². The molecule has 0 aromatic carbocycles. The molecule has 1 fully saturated rings. The maximum Gasteiger partial charge on any atom is 0.128 e. The number of anilines is 1. The molecule has 1 atom stereocenters. The van der Waals surface area contributed by atoms with E-state index in [9.17, 15) is 0 Å². The van der Waals surface area contributed by atoms with Crippen LogP contribution in [0.2, 0.25) is 0 Å². The van der Waals surface area contributed by atoms with E-state index < -0.39 is 0 Å². The fourth-order valence-corrected chi connectivity index (χ4v) is 2.02. The Balaban J connectivity index is 2.23. The number of hydrogen-bond donors (Lipinski definition) is 2. The molecule has 0 aliphatic carbocycles. The molecule has 1 aromatic heterocycles. The third kappa shape index (κ3) is 1.73. The average Bonchev–Trinajstić information content (AvgIpc) is 2.70. The second-order valence-corrected chi connectivity index (χ2v) is 3.83. The summed E-state index contributed by atoms with van der Waals surface area (Å²) >= 11 is 0. The summed E-state index contributed by atoms with van der Waals surface area (Å²) < 4.78 is 0. The van der Waals surface area contributed by atoms with Crippen LogP contribution in [0.3, 0.4) is 0 Å². The van der Waals surface area contributed by atoms with Gasteiger partial charge < -0.3 is 10.6 Å². The van der Waals surface area contributed by atoms with Gasteiger partial charge in [-0.05, 0) is 43.5 Å². The van der Waals surface area contributed by atoms with Crippen molar-refractivity contribution in [2.24, 2.45) is 0 Å². The third-order valence-corrected chi connectivity index (χ3v) is 2.80. The Morgan fingerprint density at radius 2 is 2.43 bits per heavy atom. The molecule has 1 saturated heterocycles. The molecule has 2 rings (SSSR count). The molecule has 3 heteroatoms. The first-order valence-electron chi connectivity index (χ1n) is 5.19. The lowest BCUT2D eigenvalue weighted by Gasteiger charge is -2.12. The van der Waals surface area contributed by atoms with E-state index in [-0.39, 0.29) is 0 Å². The zero-order chi connectivity index (χ0) is 9.97. The molecular weight excluding hydrogens is 174 g/mol. The summed E-state index contributed by atoms with van der Waals surface area (Å²) in [5.41, 5.74) is 2.54. The van der Waals surface area contributed by atoms with Crippen LogP contribution in [0.25, 0.3) is 0 Å². The van der Waals surface area contributed by atoms with E-state index in [1.807, 2.05) is 13.2 Å². The molecule has 2 N–H and O–H groups in total. The fraction of sp³-hybridized carbons (Fsp3) is 0.545. The predicted octanol–water partition coefficient (Wildman–Crippen LogP) is 1.86. The first-order chi connectivity index (χ1) is 6.81.